The first-order valence-corrected chi connectivity index (χ1v) is 5.96. The number of imidazole rings is 1. The summed E-state index contributed by atoms with van der Waals surface area (Å²) in [5, 5.41) is 1.06. The molecule has 0 aromatic carbocycles. The summed E-state index contributed by atoms with van der Waals surface area (Å²) >= 11 is 8.32. The number of ether oxygens (including phenoxy) is 1. The first kappa shape index (κ1) is 10.6. The number of halogens is 2. The molecule has 1 aromatic heterocycles. The summed E-state index contributed by atoms with van der Waals surface area (Å²) in [5.41, 5.74) is 0. The van der Waals surface area contributed by atoms with Gasteiger partial charge in [-0.2, -0.15) is 0 Å². The van der Waals surface area contributed by atoms with Gasteiger partial charge in [0.05, 0.1) is 0 Å². The fourth-order valence-electron chi connectivity index (χ4n) is 0.820. The number of nitrogens with zero attached hydrogens (tertiary/aromatic N) is 2. The molecule has 0 bridgehead atoms. The van der Waals surface area contributed by atoms with Gasteiger partial charge in [0.15, 0.2) is 4.73 Å². The highest BCUT2D eigenvalue weighted by atomic mass is 79.9. The maximum atomic E-state index is 5.02. The number of hydrogen-bond acceptors (Lipinski definition) is 3. The smallest absolute Gasteiger partial charge is 0.181 e. The SMILES string of the molecule is COCn1c(Br)nc(Br)c1SC. The molecule has 1 aromatic rings. The zero-order valence-electron chi connectivity index (χ0n) is 6.67. The first-order chi connectivity index (χ1) is 5.70. The number of hydrogen-bond donors (Lipinski definition) is 0. The highest BCUT2D eigenvalue weighted by molar-refractivity contribution is 9.11. The fourth-order valence-corrected chi connectivity index (χ4v) is 3.07. The summed E-state index contributed by atoms with van der Waals surface area (Å²) in [7, 11) is 1.66. The van der Waals surface area contributed by atoms with E-state index in [0.29, 0.717) is 6.73 Å². The molecule has 0 saturated carbocycles. The minimum atomic E-state index is 0.509. The largest absolute Gasteiger partial charge is 0.364 e. The predicted octanol–water partition coefficient (Wildman–Crippen LogP) is 2.73. The van der Waals surface area contributed by atoms with Gasteiger partial charge in [-0.25, -0.2) is 4.98 Å². The van der Waals surface area contributed by atoms with Gasteiger partial charge in [-0.15, -0.1) is 11.8 Å². The van der Waals surface area contributed by atoms with E-state index in [1.807, 2.05) is 10.8 Å². The van der Waals surface area contributed by atoms with Crippen LogP contribution in [0.15, 0.2) is 14.4 Å². The third-order valence-electron chi connectivity index (χ3n) is 1.29. The molecule has 12 heavy (non-hydrogen) atoms. The van der Waals surface area contributed by atoms with E-state index in [4.69, 9.17) is 4.74 Å². The van der Waals surface area contributed by atoms with Crippen molar-refractivity contribution >= 4 is 43.6 Å². The highest BCUT2D eigenvalue weighted by Crippen LogP contribution is 2.28. The summed E-state index contributed by atoms with van der Waals surface area (Å²) in [6.45, 7) is 0.509. The quantitative estimate of drug-likeness (QED) is 0.803. The second-order valence-corrected chi connectivity index (χ2v) is 4.28. The Balaban J connectivity index is 3.04. The van der Waals surface area contributed by atoms with E-state index < -0.39 is 0 Å². The molecule has 1 rings (SSSR count). The van der Waals surface area contributed by atoms with Gasteiger partial charge in [-0.3, -0.25) is 4.57 Å². The van der Waals surface area contributed by atoms with Crippen molar-refractivity contribution < 1.29 is 4.74 Å². The first-order valence-electron chi connectivity index (χ1n) is 3.15. The Kier molecular flexibility index (Phi) is 4.09. The monoisotopic (exact) mass is 314 g/mol. The van der Waals surface area contributed by atoms with Crippen molar-refractivity contribution in [3.8, 4) is 0 Å². The Bertz CT molecular complexity index is 277. The molecule has 0 amide bonds. The van der Waals surface area contributed by atoms with Crippen LogP contribution in [0.25, 0.3) is 0 Å². The third kappa shape index (κ3) is 2.04. The third-order valence-corrected chi connectivity index (χ3v) is 3.51. The maximum Gasteiger partial charge on any atom is 0.181 e. The van der Waals surface area contributed by atoms with Crippen LogP contribution in [0.1, 0.15) is 0 Å². The molecular weight excluding hydrogens is 308 g/mol. The summed E-state index contributed by atoms with van der Waals surface area (Å²) in [6, 6.07) is 0. The lowest BCUT2D eigenvalue weighted by atomic mass is 10.9. The van der Waals surface area contributed by atoms with E-state index >= 15 is 0 Å². The molecule has 0 aliphatic carbocycles. The molecule has 0 unspecified atom stereocenters. The zero-order valence-corrected chi connectivity index (χ0v) is 10.7. The molecule has 0 aliphatic heterocycles. The van der Waals surface area contributed by atoms with E-state index in [0.717, 1.165) is 14.4 Å². The zero-order chi connectivity index (χ0) is 9.14. The van der Waals surface area contributed by atoms with E-state index in [-0.39, 0.29) is 0 Å². The van der Waals surface area contributed by atoms with Crippen molar-refractivity contribution in [3.63, 3.8) is 0 Å². The number of rotatable bonds is 3. The highest BCUT2D eigenvalue weighted by Gasteiger charge is 2.11. The number of thioether (sulfide) groups is 1. The van der Waals surface area contributed by atoms with E-state index in [2.05, 4.69) is 36.8 Å². The van der Waals surface area contributed by atoms with Gasteiger partial charge in [-0.1, -0.05) is 0 Å². The van der Waals surface area contributed by atoms with Gasteiger partial charge in [0.2, 0.25) is 0 Å². The van der Waals surface area contributed by atoms with Gasteiger partial charge in [0.25, 0.3) is 0 Å². The van der Waals surface area contributed by atoms with Gasteiger partial charge in [-0.05, 0) is 38.1 Å². The molecule has 0 aliphatic rings. The Hall–Kier alpha value is 0.480. The standard InChI is InChI=1S/C6H8Br2N2OS/c1-11-3-10-5(12-2)4(7)9-6(10)8/h3H2,1-2H3. The van der Waals surface area contributed by atoms with Crippen molar-refractivity contribution in [3.05, 3.63) is 9.34 Å². The lowest BCUT2D eigenvalue weighted by Gasteiger charge is -2.05. The van der Waals surface area contributed by atoms with Crippen LogP contribution in [0, 0.1) is 0 Å². The molecule has 3 nitrogen and oxygen atoms in total. The topological polar surface area (TPSA) is 27.1 Å². The Morgan fingerprint density at radius 2 is 2.25 bits per heavy atom. The van der Waals surface area contributed by atoms with Crippen LogP contribution < -0.4 is 0 Å². The molecule has 0 N–H and O–H groups in total. The van der Waals surface area contributed by atoms with Crippen LogP contribution in [0.4, 0.5) is 0 Å². The molecule has 0 saturated heterocycles. The molecule has 68 valence electrons. The van der Waals surface area contributed by atoms with Crippen molar-refractivity contribution in [1.29, 1.82) is 0 Å². The molecule has 0 radical (unpaired) electrons. The van der Waals surface area contributed by atoms with Crippen LogP contribution >= 0.6 is 43.6 Å². The fraction of sp³-hybridized carbons (Fsp3) is 0.500. The van der Waals surface area contributed by atoms with Crippen molar-refractivity contribution in [2.75, 3.05) is 13.4 Å². The lowest BCUT2D eigenvalue weighted by Crippen LogP contribution is -2.01. The van der Waals surface area contributed by atoms with E-state index in [9.17, 15) is 0 Å². The van der Waals surface area contributed by atoms with Crippen molar-refractivity contribution in [2.24, 2.45) is 0 Å². The summed E-state index contributed by atoms with van der Waals surface area (Å²) in [6.07, 6.45) is 2.00. The molecule has 6 heteroatoms. The van der Waals surface area contributed by atoms with E-state index in [1.54, 1.807) is 18.9 Å². The number of methoxy groups -OCH3 is 1. The van der Waals surface area contributed by atoms with Gasteiger partial charge < -0.3 is 4.74 Å². The van der Waals surface area contributed by atoms with Crippen molar-refractivity contribution in [2.45, 2.75) is 11.8 Å². The van der Waals surface area contributed by atoms with Crippen LogP contribution in [0.5, 0.6) is 0 Å². The van der Waals surface area contributed by atoms with Crippen LogP contribution in [0.3, 0.4) is 0 Å². The second kappa shape index (κ2) is 4.64. The van der Waals surface area contributed by atoms with Gasteiger partial charge in [0.1, 0.15) is 16.4 Å². The van der Waals surface area contributed by atoms with Crippen LogP contribution in [0.2, 0.25) is 0 Å². The summed E-state index contributed by atoms with van der Waals surface area (Å²) < 4.78 is 8.59. The maximum absolute atomic E-state index is 5.02. The van der Waals surface area contributed by atoms with Crippen molar-refractivity contribution in [1.82, 2.24) is 9.55 Å². The minimum Gasteiger partial charge on any atom is -0.364 e. The van der Waals surface area contributed by atoms with E-state index in [1.165, 1.54) is 0 Å². The van der Waals surface area contributed by atoms with Gasteiger partial charge in [0, 0.05) is 7.11 Å². The Labute approximate surface area is 92.1 Å². The lowest BCUT2D eigenvalue weighted by molar-refractivity contribution is 0.122. The second-order valence-electron chi connectivity index (χ2n) is 2.03. The summed E-state index contributed by atoms with van der Waals surface area (Å²) in [4.78, 5) is 4.20. The average Bonchev–Trinajstić information content (AvgIpc) is 2.28. The number of aromatic nitrogens is 2. The molecule has 0 fully saturated rings. The average molecular weight is 316 g/mol. The normalized spacial score (nSPS) is 10.7. The van der Waals surface area contributed by atoms with Crippen LogP contribution in [-0.2, 0) is 11.5 Å². The summed E-state index contributed by atoms with van der Waals surface area (Å²) in [5.74, 6) is 0. The Morgan fingerprint density at radius 3 is 2.75 bits per heavy atom. The molecule has 0 spiro atoms. The van der Waals surface area contributed by atoms with Gasteiger partial charge >= 0.3 is 0 Å². The van der Waals surface area contributed by atoms with Crippen LogP contribution in [-0.4, -0.2) is 22.9 Å². The predicted molar refractivity (Wildman–Crippen MR) is 56.4 cm³/mol. The minimum absolute atomic E-state index is 0.509. The Morgan fingerprint density at radius 1 is 1.58 bits per heavy atom. The molecule has 1 heterocycles. The molecular formula is C6H8Br2N2OS. The molecule has 0 atom stereocenters.